The molecule has 0 aliphatic carbocycles. The molecule has 0 spiro atoms. The van der Waals surface area contributed by atoms with Crippen LogP contribution in [0.5, 0.6) is 0 Å². The topological polar surface area (TPSA) is 43.4 Å². The Labute approximate surface area is 96.1 Å². The summed E-state index contributed by atoms with van der Waals surface area (Å²) >= 11 is 5.29. The van der Waals surface area contributed by atoms with Gasteiger partial charge in [-0.15, -0.1) is 0 Å². The molecule has 3 nitrogen and oxygen atoms in total. The third-order valence-corrected chi connectivity index (χ3v) is 2.63. The first-order valence-corrected chi connectivity index (χ1v) is 5.53. The molecule has 0 amide bonds. The van der Waals surface area contributed by atoms with Gasteiger partial charge in [0.2, 0.25) is 5.24 Å². The number of rotatable bonds is 6. The van der Waals surface area contributed by atoms with Crippen molar-refractivity contribution in [2.75, 3.05) is 6.61 Å². The molecule has 0 unspecified atom stereocenters. The minimum Gasteiger partial charge on any atom is -0.465 e. The zero-order valence-corrected chi connectivity index (χ0v) is 10.6. The van der Waals surface area contributed by atoms with E-state index in [1.54, 1.807) is 0 Å². The van der Waals surface area contributed by atoms with E-state index < -0.39 is 16.6 Å². The predicted octanol–water partition coefficient (Wildman–Crippen LogP) is 2.76. The van der Waals surface area contributed by atoms with E-state index in [-0.39, 0.29) is 0 Å². The highest BCUT2D eigenvalue weighted by Gasteiger charge is 2.36. The molecule has 0 radical (unpaired) electrons. The lowest BCUT2D eigenvalue weighted by molar-refractivity contribution is -0.156. The third-order valence-electron chi connectivity index (χ3n) is 2.16. The van der Waals surface area contributed by atoms with Crippen LogP contribution in [0.25, 0.3) is 0 Å². The Morgan fingerprint density at radius 1 is 1.33 bits per heavy atom. The van der Waals surface area contributed by atoms with Crippen LogP contribution in [0.15, 0.2) is 0 Å². The minimum atomic E-state index is -1.24. The quantitative estimate of drug-likeness (QED) is 0.307. The first kappa shape index (κ1) is 14.4. The van der Waals surface area contributed by atoms with E-state index in [4.69, 9.17) is 16.3 Å². The van der Waals surface area contributed by atoms with Crippen LogP contribution in [0.1, 0.15) is 40.5 Å². The largest absolute Gasteiger partial charge is 0.465 e. The van der Waals surface area contributed by atoms with Gasteiger partial charge in [0.05, 0.1) is 6.61 Å². The normalized spacial score (nSPS) is 11.6. The van der Waals surface area contributed by atoms with Crippen molar-refractivity contribution in [3.05, 3.63) is 0 Å². The van der Waals surface area contributed by atoms with Crippen molar-refractivity contribution >= 4 is 22.8 Å². The van der Waals surface area contributed by atoms with E-state index >= 15 is 0 Å². The van der Waals surface area contributed by atoms with Crippen molar-refractivity contribution in [1.29, 1.82) is 0 Å². The van der Waals surface area contributed by atoms with E-state index in [0.717, 1.165) is 12.8 Å². The van der Waals surface area contributed by atoms with Crippen molar-refractivity contribution in [1.82, 2.24) is 0 Å². The second-order valence-electron chi connectivity index (χ2n) is 4.57. The van der Waals surface area contributed by atoms with E-state index in [2.05, 4.69) is 13.8 Å². The summed E-state index contributed by atoms with van der Waals surface area (Å²) in [5, 5.41) is -0.684. The van der Waals surface area contributed by atoms with Gasteiger partial charge in [0.1, 0.15) is 5.41 Å². The lowest BCUT2D eigenvalue weighted by atomic mass is 9.96. The SMILES string of the molecule is CC(C)CCCOC(=O)C(C)(C)C(=O)Cl. The minimum absolute atomic E-state index is 0.352. The standard InChI is InChI=1S/C11H19ClO3/c1-8(2)6-5-7-15-10(14)11(3,4)9(12)13/h8H,5-7H2,1-4H3. The third kappa shape index (κ3) is 5.17. The molecule has 0 aromatic heterocycles. The molecule has 0 aromatic rings. The molecule has 0 saturated carbocycles. The molecule has 0 fully saturated rings. The van der Waals surface area contributed by atoms with Crippen molar-refractivity contribution < 1.29 is 14.3 Å². The summed E-state index contributed by atoms with van der Waals surface area (Å²) in [5.74, 6) is 0.0395. The van der Waals surface area contributed by atoms with Gasteiger partial charge in [-0.05, 0) is 44.2 Å². The van der Waals surface area contributed by atoms with Crippen LogP contribution in [0.3, 0.4) is 0 Å². The maximum Gasteiger partial charge on any atom is 0.320 e. The molecule has 88 valence electrons. The zero-order chi connectivity index (χ0) is 12.1. The molecule has 0 aliphatic heterocycles. The van der Waals surface area contributed by atoms with Gasteiger partial charge in [0.25, 0.3) is 0 Å². The maximum atomic E-state index is 11.4. The fourth-order valence-corrected chi connectivity index (χ4v) is 0.994. The van der Waals surface area contributed by atoms with Crippen molar-refractivity contribution in [2.45, 2.75) is 40.5 Å². The molecule has 0 bridgehead atoms. The number of hydrogen-bond donors (Lipinski definition) is 0. The summed E-state index contributed by atoms with van der Waals surface area (Å²) in [4.78, 5) is 22.3. The summed E-state index contributed by atoms with van der Waals surface area (Å²) in [7, 11) is 0. The highest BCUT2D eigenvalue weighted by atomic mass is 35.5. The van der Waals surface area contributed by atoms with Crippen LogP contribution < -0.4 is 0 Å². The molecule has 4 heteroatoms. The van der Waals surface area contributed by atoms with Crippen molar-refractivity contribution in [2.24, 2.45) is 11.3 Å². The van der Waals surface area contributed by atoms with Crippen molar-refractivity contribution in [3.63, 3.8) is 0 Å². The van der Waals surface area contributed by atoms with Gasteiger partial charge in [0, 0.05) is 0 Å². The van der Waals surface area contributed by atoms with Crippen LogP contribution >= 0.6 is 11.6 Å². The van der Waals surface area contributed by atoms with Crippen LogP contribution in [0.4, 0.5) is 0 Å². The Bertz CT molecular complexity index is 234. The summed E-state index contributed by atoms with van der Waals surface area (Å²) in [6.45, 7) is 7.49. The maximum absolute atomic E-state index is 11.4. The van der Waals surface area contributed by atoms with E-state index in [1.165, 1.54) is 13.8 Å². The average Bonchev–Trinajstić information content (AvgIpc) is 2.11. The van der Waals surface area contributed by atoms with Crippen LogP contribution in [0.2, 0.25) is 0 Å². The number of carbonyl (C=O) groups excluding carboxylic acids is 2. The number of carbonyl (C=O) groups is 2. The Hall–Kier alpha value is -0.570. The molecule has 0 aliphatic rings. The lowest BCUT2D eigenvalue weighted by Gasteiger charge is -2.17. The molecule has 0 atom stereocenters. The molecule has 0 aromatic carbocycles. The van der Waals surface area contributed by atoms with Gasteiger partial charge in [-0.1, -0.05) is 13.8 Å². The second-order valence-corrected chi connectivity index (χ2v) is 4.91. The smallest absolute Gasteiger partial charge is 0.320 e. The van der Waals surface area contributed by atoms with Gasteiger partial charge in [-0.3, -0.25) is 9.59 Å². The second kappa shape index (κ2) is 6.11. The molecular weight excluding hydrogens is 216 g/mol. The van der Waals surface area contributed by atoms with Crippen molar-refractivity contribution in [3.8, 4) is 0 Å². The van der Waals surface area contributed by atoms with Gasteiger partial charge < -0.3 is 4.74 Å². The molecule has 0 saturated heterocycles. The van der Waals surface area contributed by atoms with E-state index in [0.29, 0.717) is 12.5 Å². The van der Waals surface area contributed by atoms with E-state index in [9.17, 15) is 9.59 Å². The number of halogens is 1. The van der Waals surface area contributed by atoms with Crippen LogP contribution in [-0.2, 0) is 14.3 Å². The van der Waals surface area contributed by atoms with Crippen LogP contribution in [0, 0.1) is 11.3 Å². The Balaban J connectivity index is 3.89. The van der Waals surface area contributed by atoms with Gasteiger partial charge >= 0.3 is 5.97 Å². The van der Waals surface area contributed by atoms with Gasteiger partial charge in [-0.25, -0.2) is 0 Å². The zero-order valence-electron chi connectivity index (χ0n) is 9.80. The molecule has 0 heterocycles. The Morgan fingerprint density at radius 3 is 2.27 bits per heavy atom. The Morgan fingerprint density at radius 2 is 1.87 bits per heavy atom. The number of esters is 1. The summed E-state index contributed by atoms with van der Waals surface area (Å²) in [6.07, 6.45) is 1.82. The number of ether oxygens (including phenoxy) is 1. The van der Waals surface area contributed by atoms with Crippen LogP contribution in [-0.4, -0.2) is 17.8 Å². The fourth-order valence-electron chi connectivity index (χ4n) is 0.917. The summed E-state index contributed by atoms with van der Waals surface area (Å²) < 4.78 is 4.97. The summed E-state index contributed by atoms with van der Waals surface area (Å²) in [6, 6.07) is 0. The number of hydrogen-bond acceptors (Lipinski definition) is 3. The van der Waals surface area contributed by atoms with E-state index in [1.807, 2.05) is 0 Å². The fraction of sp³-hybridized carbons (Fsp3) is 0.818. The molecule has 0 rings (SSSR count). The average molecular weight is 235 g/mol. The predicted molar refractivity (Wildman–Crippen MR) is 59.7 cm³/mol. The van der Waals surface area contributed by atoms with Gasteiger partial charge in [0.15, 0.2) is 0 Å². The first-order valence-electron chi connectivity index (χ1n) is 5.15. The molecule has 15 heavy (non-hydrogen) atoms. The monoisotopic (exact) mass is 234 g/mol. The highest BCUT2D eigenvalue weighted by molar-refractivity contribution is 6.66. The van der Waals surface area contributed by atoms with Gasteiger partial charge in [-0.2, -0.15) is 0 Å². The highest BCUT2D eigenvalue weighted by Crippen LogP contribution is 2.21. The molecule has 0 N–H and O–H groups in total. The Kier molecular flexibility index (Phi) is 5.88. The first-order chi connectivity index (χ1) is 6.78. The summed E-state index contributed by atoms with van der Waals surface area (Å²) in [5.41, 5.74) is -1.24. The molecular formula is C11H19ClO3. The lowest BCUT2D eigenvalue weighted by Crippen LogP contribution is -2.32.